The molecule has 0 spiro atoms. The van der Waals surface area contributed by atoms with Crippen LogP contribution in [0.15, 0.2) is 29.3 Å². The maximum Gasteiger partial charge on any atom is 0.216 e. The van der Waals surface area contributed by atoms with E-state index in [9.17, 15) is 0 Å². The smallest absolute Gasteiger partial charge is 0.216 e. The lowest BCUT2D eigenvalue weighted by Gasteiger charge is -2.06. The highest BCUT2D eigenvalue weighted by Crippen LogP contribution is 2.19. The van der Waals surface area contributed by atoms with Gasteiger partial charge in [0.2, 0.25) is 5.90 Å². The van der Waals surface area contributed by atoms with E-state index in [1.54, 1.807) is 0 Å². The molecule has 0 radical (unpaired) electrons. The van der Waals surface area contributed by atoms with E-state index < -0.39 is 0 Å². The lowest BCUT2D eigenvalue weighted by Crippen LogP contribution is -2.13. The first kappa shape index (κ1) is 10.5. The van der Waals surface area contributed by atoms with Crippen molar-refractivity contribution in [3.63, 3.8) is 0 Å². The van der Waals surface area contributed by atoms with Crippen molar-refractivity contribution < 1.29 is 4.74 Å². The Morgan fingerprint density at radius 1 is 1.47 bits per heavy atom. The van der Waals surface area contributed by atoms with Crippen molar-refractivity contribution in [1.82, 2.24) is 0 Å². The maximum absolute atomic E-state index is 5.91. The number of aliphatic imine (C=N–C) groups is 1. The van der Waals surface area contributed by atoms with E-state index in [0.29, 0.717) is 17.5 Å². The van der Waals surface area contributed by atoms with Crippen LogP contribution in [0.4, 0.5) is 0 Å². The Kier molecular flexibility index (Phi) is 2.96. The minimum atomic E-state index is 0.277. The number of rotatable bonds is 2. The average molecular weight is 224 g/mol. The van der Waals surface area contributed by atoms with Crippen LogP contribution >= 0.6 is 11.6 Å². The molecule has 2 nitrogen and oxygen atoms in total. The Bertz CT molecular complexity index is 387. The predicted octanol–water partition coefficient (Wildman–Crippen LogP) is 3.14. The third-order valence-electron chi connectivity index (χ3n) is 2.52. The minimum absolute atomic E-state index is 0.277. The predicted molar refractivity (Wildman–Crippen MR) is 62.6 cm³/mol. The zero-order valence-electron chi connectivity index (χ0n) is 8.90. The summed E-state index contributed by atoms with van der Waals surface area (Å²) in [6.45, 7) is 4.98. The van der Waals surface area contributed by atoms with Crippen LogP contribution in [0.2, 0.25) is 5.02 Å². The molecule has 0 aliphatic carbocycles. The summed E-state index contributed by atoms with van der Waals surface area (Å²) in [7, 11) is 0. The van der Waals surface area contributed by atoms with Crippen molar-refractivity contribution in [1.29, 1.82) is 0 Å². The fraction of sp³-hybridized carbons (Fsp3) is 0.417. The molecular formula is C12H14ClNO. The summed E-state index contributed by atoms with van der Waals surface area (Å²) in [5.41, 5.74) is 0.964. The first-order valence-electron chi connectivity index (χ1n) is 5.13. The monoisotopic (exact) mass is 223 g/mol. The molecule has 0 aromatic heterocycles. The summed E-state index contributed by atoms with van der Waals surface area (Å²) in [5.74, 6) is 1.23. The quantitative estimate of drug-likeness (QED) is 0.755. The number of ether oxygens (including phenoxy) is 1. The molecule has 0 saturated heterocycles. The summed E-state index contributed by atoms with van der Waals surface area (Å²) in [6.07, 6.45) is 0. The Hall–Kier alpha value is -1.02. The van der Waals surface area contributed by atoms with E-state index in [-0.39, 0.29) is 6.04 Å². The van der Waals surface area contributed by atoms with Gasteiger partial charge in [0.05, 0.1) is 6.04 Å². The van der Waals surface area contributed by atoms with Crippen LogP contribution in [0, 0.1) is 5.92 Å². The molecule has 0 amide bonds. The van der Waals surface area contributed by atoms with Gasteiger partial charge in [-0.2, -0.15) is 0 Å². The van der Waals surface area contributed by atoms with Gasteiger partial charge < -0.3 is 4.74 Å². The van der Waals surface area contributed by atoms with Crippen LogP contribution in [0.3, 0.4) is 0 Å². The molecule has 0 saturated carbocycles. The molecule has 1 atom stereocenters. The number of hydrogen-bond donors (Lipinski definition) is 0. The van der Waals surface area contributed by atoms with Gasteiger partial charge in [-0.05, 0) is 24.1 Å². The second-order valence-electron chi connectivity index (χ2n) is 4.07. The van der Waals surface area contributed by atoms with Crippen molar-refractivity contribution >= 4 is 17.5 Å². The third kappa shape index (κ3) is 2.32. The molecule has 1 aromatic rings. The fourth-order valence-electron chi connectivity index (χ4n) is 1.51. The van der Waals surface area contributed by atoms with Crippen molar-refractivity contribution in [3.05, 3.63) is 34.9 Å². The molecule has 0 unspecified atom stereocenters. The molecule has 1 aliphatic heterocycles. The molecule has 2 rings (SSSR count). The highest BCUT2D eigenvalue weighted by molar-refractivity contribution is 6.30. The van der Waals surface area contributed by atoms with Crippen molar-refractivity contribution in [2.75, 3.05) is 6.61 Å². The Morgan fingerprint density at radius 2 is 2.27 bits per heavy atom. The Labute approximate surface area is 94.9 Å². The van der Waals surface area contributed by atoms with E-state index in [1.807, 2.05) is 24.3 Å². The van der Waals surface area contributed by atoms with Crippen LogP contribution in [-0.2, 0) is 4.74 Å². The molecule has 0 N–H and O–H groups in total. The van der Waals surface area contributed by atoms with Gasteiger partial charge in [0.1, 0.15) is 6.61 Å². The summed E-state index contributed by atoms with van der Waals surface area (Å²) >= 11 is 5.91. The molecule has 15 heavy (non-hydrogen) atoms. The Balaban J connectivity index is 2.22. The van der Waals surface area contributed by atoms with Crippen molar-refractivity contribution in [3.8, 4) is 0 Å². The van der Waals surface area contributed by atoms with Crippen LogP contribution in [0.1, 0.15) is 19.4 Å². The fourth-order valence-corrected chi connectivity index (χ4v) is 1.70. The molecule has 1 heterocycles. The molecule has 0 fully saturated rings. The molecule has 1 aromatic carbocycles. The van der Waals surface area contributed by atoms with Gasteiger partial charge in [0.15, 0.2) is 0 Å². The summed E-state index contributed by atoms with van der Waals surface area (Å²) in [6, 6.07) is 7.88. The summed E-state index contributed by atoms with van der Waals surface area (Å²) in [5, 5.41) is 0.715. The van der Waals surface area contributed by atoms with Crippen molar-refractivity contribution in [2.45, 2.75) is 19.9 Å². The summed E-state index contributed by atoms with van der Waals surface area (Å²) < 4.78 is 5.56. The van der Waals surface area contributed by atoms with E-state index in [0.717, 1.165) is 11.5 Å². The Morgan fingerprint density at radius 3 is 2.87 bits per heavy atom. The van der Waals surface area contributed by atoms with Gasteiger partial charge in [-0.1, -0.05) is 31.5 Å². The largest absolute Gasteiger partial charge is 0.475 e. The number of nitrogens with zero attached hydrogens (tertiary/aromatic N) is 1. The standard InChI is InChI=1S/C12H14ClNO/c1-8(2)11-7-15-12(14-11)9-4-3-5-10(13)6-9/h3-6,8,11H,7H2,1-2H3/t11-/m0/s1. The third-order valence-corrected chi connectivity index (χ3v) is 2.75. The minimum Gasteiger partial charge on any atom is -0.475 e. The van der Waals surface area contributed by atoms with E-state index in [4.69, 9.17) is 16.3 Å². The molecule has 80 valence electrons. The first-order valence-corrected chi connectivity index (χ1v) is 5.51. The van der Waals surface area contributed by atoms with Crippen LogP contribution in [0.25, 0.3) is 0 Å². The molecular weight excluding hydrogens is 210 g/mol. The zero-order valence-corrected chi connectivity index (χ0v) is 9.66. The molecule has 1 aliphatic rings. The topological polar surface area (TPSA) is 21.6 Å². The second-order valence-corrected chi connectivity index (χ2v) is 4.50. The maximum atomic E-state index is 5.91. The highest BCUT2D eigenvalue weighted by Gasteiger charge is 2.22. The van der Waals surface area contributed by atoms with Gasteiger partial charge in [0, 0.05) is 10.6 Å². The number of hydrogen-bond acceptors (Lipinski definition) is 2. The van der Waals surface area contributed by atoms with Gasteiger partial charge in [-0.3, -0.25) is 0 Å². The van der Waals surface area contributed by atoms with Crippen LogP contribution in [0.5, 0.6) is 0 Å². The van der Waals surface area contributed by atoms with Crippen LogP contribution < -0.4 is 0 Å². The first-order chi connectivity index (χ1) is 7.16. The van der Waals surface area contributed by atoms with Crippen LogP contribution in [-0.4, -0.2) is 18.5 Å². The number of halogens is 1. The number of benzene rings is 1. The van der Waals surface area contributed by atoms with Gasteiger partial charge in [0.25, 0.3) is 0 Å². The summed E-state index contributed by atoms with van der Waals surface area (Å²) in [4.78, 5) is 4.53. The van der Waals surface area contributed by atoms with Gasteiger partial charge in [-0.25, -0.2) is 4.99 Å². The lowest BCUT2D eigenvalue weighted by molar-refractivity contribution is 0.292. The van der Waals surface area contributed by atoms with Crippen molar-refractivity contribution in [2.24, 2.45) is 10.9 Å². The highest BCUT2D eigenvalue weighted by atomic mass is 35.5. The van der Waals surface area contributed by atoms with Gasteiger partial charge in [-0.15, -0.1) is 0 Å². The van der Waals surface area contributed by atoms with E-state index >= 15 is 0 Å². The lowest BCUT2D eigenvalue weighted by atomic mass is 10.1. The van der Waals surface area contributed by atoms with Gasteiger partial charge >= 0.3 is 0 Å². The normalized spacial score (nSPS) is 20.3. The average Bonchev–Trinajstić information content (AvgIpc) is 2.66. The molecule has 3 heteroatoms. The molecule has 0 bridgehead atoms. The second kappa shape index (κ2) is 4.23. The van der Waals surface area contributed by atoms with E-state index in [2.05, 4.69) is 18.8 Å². The zero-order chi connectivity index (χ0) is 10.8. The SMILES string of the molecule is CC(C)[C@@H]1COC(c2cccc(Cl)c2)=N1. The van der Waals surface area contributed by atoms with E-state index in [1.165, 1.54) is 0 Å².